The Balaban J connectivity index is 1.97. The number of rotatable bonds is 6. The average Bonchev–Trinajstić information content (AvgIpc) is 3.02. The van der Waals surface area contributed by atoms with Gasteiger partial charge in [0.1, 0.15) is 0 Å². The minimum Gasteiger partial charge on any atom is -0.354 e. The predicted octanol–water partition coefficient (Wildman–Crippen LogP) is 1.22. The summed E-state index contributed by atoms with van der Waals surface area (Å²) in [5.41, 5.74) is 1.53. The molecule has 0 aliphatic carbocycles. The van der Waals surface area contributed by atoms with Gasteiger partial charge in [0.15, 0.2) is 6.29 Å². The Labute approximate surface area is 117 Å². The lowest BCUT2D eigenvalue weighted by molar-refractivity contribution is -0.0974. The van der Waals surface area contributed by atoms with Crippen molar-refractivity contribution in [2.75, 3.05) is 20.8 Å². The van der Waals surface area contributed by atoms with Gasteiger partial charge in [0.2, 0.25) is 0 Å². The van der Waals surface area contributed by atoms with Crippen molar-refractivity contribution >= 4 is 5.91 Å². The zero-order valence-corrected chi connectivity index (χ0v) is 11.4. The van der Waals surface area contributed by atoms with Gasteiger partial charge >= 0.3 is 0 Å². The Morgan fingerprint density at radius 1 is 1.30 bits per heavy atom. The number of carbonyl (C=O) groups excluding carboxylic acids is 1. The second kappa shape index (κ2) is 6.83. The van der Waals surface area contributed by atoms with Gasteiger partial charge in [-0.25, -0.2) is 4.98 Å². The van der Waals surface area contributed by atoms with Crippen LogP contribution in [0.15, 0.2) is 43.0 Å². The zero-order valence-electron chi connectivity index (χ0n) is 11.4. The fourth-order valence-corrected chi connectivity index (χ4v) is 1.74. The van der Waals surface area contributed by atoms with E-state index in [-0.39, 0.29) is 5.91 Å². The molecule has 0 atom stereocenters. The van der Waals surface area contributed by atoms with E-state index in [1.807, 2.05) is 22.9 Å². The average molecular weight is 275 g/mol. The molecular formula is C14H17N3O3. The van der Waals surface area contributed by atoms with E-state index in [1.165, 1.54) is 14.2 Å². The normalized spacial score (nSPS) is 10.8. The summed E-state index contributed by atoms with van der Waals surface area (Å²) in [5.74, 6) is -0.165. The molecule has 0 spiro atoms. The van der Waals surface area contributed by atoms with Crippen LogP contribution in [0.5, 0.6) is 0 Å². The van der Waals surface area contributed by atoms with E-state index < -0.39 is 6.29 Å². The number of ether oxygens (including phenoxy) is 2. The molecule has 2 rings (SSSR count). The number of amides is 1. The summed E-state index contributed by atoms with van der Waals surface area (Å²) >= 11 is 0. The summed E-state index contributed by atoms with van der Waals surface area (Å²) in [5, 5.41) is 2.75. The van der Waals surface area contributed by atoms with Crippen LogP contribution >= 0.6 is 0 Å². The standard InChI is InChI=1S/C14H17N3O3/c1-19-13(20-2)9-16-14(18)11-3-5-12(6-4-11)17-8-7-15-10-17/h3-8,10,13H,9H2,1-2H3,(H,16,18). The molecule has 0 aliphatic rings. The van der Waals surface area contributed by atoms with Gasteiger partial charge in [-0.3, -0.25) is 4.79 Å². The van der Waals surface area contributed by atoms with Gasteiger partial charge in [-0.1, -0.05) is 0 Å². The fraction of sp³-hybridized carbons (Fsp3) is 0.286. The maximum absolute atomic E-state index is 11.9. The summed E-state index contributed by atoms with van der Waals surface area (Å²) in [6.07, 6.45) is 4.81. The Hall–Kier alpha value is -2.18. The highest BCUT2D eigenvalue weighted by Crippen LogP contribution is 2.09. The number of benzene rings is 1. The third kappa shape index (κ3) is 3.43. The molecule has 2 aromatic rings. The number of methoxy groups -OCH3 is 2. The second-order valence-corrected chi connectivity index (χ2v) is 4.13. The molecule has 6 heteroatoms. The Bertz CT molecular complexity index is 533. The van der Waals surface area contributed by atoms with Crippen molar-refractivity contribution in [2.45, 2.75) is 6.29 Å². The third-order valence-corrected chi connectivity index (χ3v) is 2.89. The lowest BCUT2D eigenvalue weighted by Crippen LogP contribution is -2.34. The molecule has 0 bridgehead atoms. The number of imidazole rings is 1. The molecule has 0 aliphatic heterocycles. The highest BCUT2D eigenvalue weighted by Gasteiger charge is 2.09. The summed E-state index contributed by atoms with van der Waals surface area (Å²) in [4.78, 5) is 15.9. The predicted molar refractivity (Wildman–Crippen MR) is 73.7 cm³/mol. The number of carbonyl (C=O) groups is 1. The van der Waals surface area contributed by atoms with Gasteiger partial charge in [0, 0.05) is 37.9 Å². The molecule has 1 heterocycles. The Morgan fingerprint density at radius 2 is 2.00 bits per heavy atom. The van der Waals surface area contributed by atoms with Gasteiger partial charge in [-0.05, 0) is 24.3 Å². The molecule has 106 valence electrons. The second-order valence-electron chi connectivity index (χ2n) is 4.13. The van der Waals surface area contributed by atoms with Crippen LogP contribution in [0.4, 0.5) is 0 Å². The van der Waals surface area contributed by atoms with Gasteiger partial charge in [-0.15, -0.1) is 0 Å². The SMILES string of the molecule is COC(CNC(=O)c1ccc(-n2ccnc2)cc1)OC. The van der Waals surface area contributed by atoms with Crippen LogP contribution in [0.2, 0.25) is 0 Å². The molecule has 20 heavy (non-hydrogen) atoms. The molecule has 0 radical (unpaired) electrons. The van der Waals surface area contributed by atoms with Gasteiger partial charge < -0.3 is 19.4 Å². The van der Waals surface area contributed by atoms with Crippen LogP contribution in [0.25, 0.3) is 5.69 Å². The van der Waals surface area contributed by atoms with Crippen LogP contribution in [0, 0.1) is 0 Å². The zero-order chi connectivity index (χ0) is 14.4. The van der Waals surface area contributed by atoms with Crippen molar-refractivity contribution in [1.29, 1.82) is 0 Å². The molecule has 1 amide bonds. The van der Waals surface area contributed by atoms with Crippen molar-refractivity contribution in [3.05, 3.63) is 48.5 Å². The topological polar surface area (TPSA) is 65.4 Å². The molecule has 6 nitrogen and oxygen atoms in total. The molecule has 0 unspecified atom stereocenters. The van der Waals surface area contributed by atoms with E-state index >= 15 is 0 Å². The number of nitrogens with zero attached hydrogens (tertiary/aromatic N) is 2. The van der Waals surface area contributed by atoms with Crippen molar-refractivity contribution in [3.63, 3.8) is 0 Å². The van der Waals surface area contributed by atoms with E-state index in [0.717, 1.165) is 5.69 Å². The summed E-state index contributed by atoms with van der Waals surface area (Å²) in [6.45, 7) is 0.301. The van der Waals surface area contributed by atoms with Gasteiger partial charge in [0.25, 0.3) is 5.91 Å². The first-order valence-corrected chi connectivity index (χ1v) is 6.16. The van der Waals surface area contributed by atoms with Crippen molar-refractivity contribution in [2.24, 2.45) is 0 Å². The lowest BCUT2D eigenvalue weighted by atomic mass is 10.2. The summed E-state index contributed by atoms with van der Waals surface area (Å²) in [7, 11) is 3.06. The van der Waals surface area contributed by atoms with Crippen LogP contribution in [-0.4, -0.2) is 42.5 Å². The van der Waals surface area contributed by atoms with Crippen molar-refractivity contribution in [1.82, 2.24) is 14.9 Å². The molecular weight excluding hydrogens is 258 g/mol. The monoisotopic (exact) mass is 275 g/mol. The fourth-order valence-electron chi connectivity index (χ4n) is 1.74. The minimum atomic E-state index is -0.441. The number of nitrogens with one attached hydrogen (secondary N) is 1. The van der Waals surface area contributed by atoms with Crippen LogP contribution in [0.3, 0.4) is 0 Å². The maximum atomic E-state index is 11.9. The minimum absolute atomic E-state index is 0.165. The van der Waals surface area contributed by atoms with E-state index in [4.69, 9.17) is 9.47 Å². The van der Waals surface area contributed by atoms with E-state index in [9.17, 15) is 4.79 Å². The lowest BCUT2D eigenvalue weighted by Gasteiger charge is -2.14. The highest BCUT2D eigenvalue weighted by molar-refractivity contribution is 5.94. The van der Waals surface area contributed by atoms with Crippen LogP contribution < -0.4 is 5.32 Å². The molecule has 0 saturated carbocycles. The van der Waals surface area contributed by atoms with Crippen LogP contribution in [0.1, 0.15) is 10.4 Å². The molecule has 1 aromatic carbocycles. The third-order valence-electron chi connectivity index (χ3n) is 2.89. The van der Waals surface area contributed by atoms with Crippen LogP contribution in [-0.2, 0) is 9.47 Å². The summed E-state index contributed by atoms with van der Waals surface area (Å²) in [6, 6.07) is 7.25. The number of hydrogen-bond acceptors (Lipinski definition) is 4. The smallest absolute Gasteiger partial charge is 0.251 e. The van der Waals surface area contributed by atoms with E-state index in [0.29, 0.717) is 12.1 Å². The first-order valence-electron chi connectivity index (χ1n) is 6.16. The molecule has 0 fully saturated rings. The number of aromatic nitrogens is 2. The maximum Gasteiger partial charge on any atom is 0.251 e. The molecule has 1 aromatic heterocycles. The Morgan fingerprint density at radius 3 is 2.55 bits per heavy atom. The number of hydrogen-bond donors (Lipinski definition) is 1. The van der Waals surface area contributed by atoms with E-state index in [1.54, 1.807) is 24.7 Å². The van der Waals surface area contributed by atoms with E-state index in [2.05, 4.69) is 10.3 Å². The first-order chi connectivity index (χ1) is 9.74. The van der Waals surface area contributed by atoms with Gasteiger partial charge in [0.05, 0.1) is 12.9 Å². The summed E-state index contributed by atoms with van der Waals surface area (Å²) < 4.78 is 11.9. The largest absolute Gasteiger partial charge is 0.354 e. The highest BCUT2D eigenvalue weighted by atomic mass is 16.7. The quantitative estimate of drug-likeness (QED) is 0.805. The van der Waals surface area contributed by atoms with Gasteiger partial charge in [-0.2, -0.15) is 0 Å². The molecule has 0 saturated heterocycles. The Kier molecular flexibility index (Phi) is 4.86. The van der Waals surface area contributed by atoms with Crippen molar-refractivity contribution in [3.8, 4) is 5.69 Å². The van der Waals surface area contributed by atoms with Crippen molar-refractivity contribution < 1.29 is 14.3 Å². The first kappa shape index (κ1) is 14.2. The molecule has 1 N–H and O–H groups in total.